The SMILES string of the molecule is CCCNCc1ccnc(N(CC)C(C)COC)c1F. The zero-order chi connectivity index (χ0) is 15.0. The summed E-state index contributed by atoms with van der Waals surface area (Å²) < 4.78 is 19.7. The number of pyridine rings is 1. The normalized spacial score (nSPS) is 12.4. The third-order valence-corrected chi connectivity index (χ3v) is 3.25. The number of methoxy groups -OCH3 is 1. The summed E-state index contributed by atoms with van der Waals surface area (Å²) in [6.07, 6.45) is 2.70. The molecule has 20 heavy (non-hydrogen) atoms. The van der Waals surface area contributed by atoms with Crippen molar-refractivity contribution in [2.45, 2.75) is 39.8 Å². The number of aromatic nitrogens is 1. The van der Waals surface area contributed by atoms with Crippen LogP contribution in [-0.4, -0.2) is 37.8 Å². The van der Waals surface area contributed by atoms with Gasteiger partial charge in [-0.15, -0.1) is 0 Å². The van der Waals surface area contributed by atoms with E-state index < -0.39 is 0 Å². The molecule has 1 aromatic heterocycles. The van der Waals surface area contributed by atoms with Crippen LogP contribution in [0.1, 0.15) is 32.8 Å². The smallest absolute Gasteiger partial charge is 0.170 e. The van der Waals surface area contributed by atoms with Crippen LogP contribution in [0.25, 0.3) is 0 Å². The minimum absolute atomic E-state index is 0.0888. The zero-order valence-electron chi connectivity index (χ0n) is 12.9. The molecule has 1 atom stereocenters. The minimum Gasteiger partial charge on any atom is -0.383 e. The quantitative estimate of drug-likeness (QED) is 0.707. The molecule has 0 aliphatic heterocycles. The van der Waals surface area contributed by atoms with E-state index in [0.29, 0.717) is 31.1 Å². The van der Waals surface area contributed by atoms with Gasteiger partial charge in [0.05, 0.1) is 12.6 Å². The highest BCUT2D eigenvalue weighted by Crippen LogP contribution is 2.21. The minimum atomic E-state index is -0.235. The summed E-state index contributed by atoms with van der Waals surface area (Å²) in [4.78, 5) is 6.14. The monoisotopic (exact) mass is 283 g/mol. The van der Waals surface area contributed by atoms with Crippen LogP contribution in [0.3, 0.4) is 0 Å². The summed E-state index contributed by atoms with van der Waals surface area (Å²) in [6.45, 7) is 8.76. The average molecular weight is 283 g/mol. The number of anilines is 1. The molecular formula is C15H26FN3O. The van der Waals surface area contributed by atoms with Gasteiger partial charge in [0.25, 0.3) is 0 Å². The molecule has 114 valence electrons. The van der Waals surface area contributed by atoms with Gasteiger partial charge in [0.2, 0.25) is 0 Å². The second-order valence-corrected chi connectivity index (χ2v) is 4.87. The van der Waals surface area contributed by atoms with E-state index in [9.17, 15) is 4.39 Å². The fourth-order valence-corrected chi connectivity index (χ4v) is 2.21. The maximum absolute atomic E-state index is 14.6. The summed E-state index contributed by atoms with van der Waals surface area (Å²) in [5.41, 5.74) is 0.659. The number of hydrogen-bond acceptors (Lipinski definition) is 4. The van der Waals surface area contributed by atoms with Gasteiger partial charge >= 0.3 is 0 Å². The molecule has 0 fully saturated rings. The van der Waals surface area contributed by atoms with E-state index in [4.69, 9.17) is 4.74 Å². The highest BCUT2D eigenvalue weighted by Gasteiger charge is 2.19. The molecule has 0 amide bonds. The van der Waals surface area contributed by atoms with Gasteiger partial charge < -0.3 is 15.0 Å². The van der Waals surface area contributed by atoms with Crippen LogP contribution in [0, 0.1) is 5.82 Å². The van der Waals surface area contributed by atoms with Crippen molar-refractivity contribution in [3.05, 3.63) is 23.6 Å². The molecule has 0 aromatic carbocycles. The number of halogens is 1. The number of nitrogens with one attached hydrogen (secondary N) is 1. The molecule has 4 nitrogen and oxygen atoms in total. The maximum Gasteiger partial charge on any atom is 0.170 e. The highest BCUT2D eigenvalue weighted by molar-refractivity contribution is 5.44. The van der Waals surface area contributed by atoms with Crippen molar-refractivity contribution in [3.63, 3.8) is 0 Å². The van der Waals surface area contributed by atoms with Crippen molar-refractivity contribution in [1.29, 1.82) is 0 Å². The van der Waals surface area contributed by atoms with Gasteiger partial charge in [0.15, 0.2) is 11.6 Å². The molecular weight excluding hydrogens is 257 g/mol. The van der Waals surface area contributed by atoms with Gasteiger partial charge in [0, 0.05) is 32.0 Å². The summed E-state index contributed by atoms with van der Waals surface area (Å²) >= 11 is 0. The van der Waals surface area contributed by atoms with E-state index in [1.54, 1.807) is 19.4 Å². The molecule has 0 aliphatic rings. The number of nitrogens with zero attached hydrogens (tertiary/aromatic N) is 2. The fraction of sp³-hybridized carbons (Fsp3) is 0.667. The Kier molecular flexibility index (Phi) is 7.47. The molecule has 1 unspecified atom stereocenters. The molecule has 0 bridgehead atoms. The van der Waals surface area contributed by atoms with Crippen LogP contribution < -0.4 is 10.2 Å². The van der Waals surface area contributed by atoms with Gasteiger partial charge in [0.1, 0.15) is 0 Å². The van der Waals surface area contributed by atoms with Crippen LogP contribution in [0.4, 0.5) is 10.2 Å². The maximum atomic E-state index is 14.6. The summed E-state index contributed by atoms with van der Waals surface area (Å²) in [5, 5.41) is 3.22. The van der Waals surface area contributed by atoms with Gasteiger partial charge in [-0.25, -0.2) is 9.37 Å². The van der Waals surface area contributed by atoms with Crippen molar-refractivity contribution < 1.29 is 9.13 Å². The van der Waals surface area contributed by atoms with Crippen molar-refractivity contribution in [3.8, 4) is 0 Å². The molecule has 5 heteroatoms. The largest absolute Gasteiger partial charge is 0.383 e. The first-order valence-corrected chi connectivity index (χ1v) is 7.25. The van der Waals surface area contributed by atoms with Gasteiger partial charge in [-0.3, -0.25) is 0 Å². The molecule has 1 rings (SSSR count). The molecule has 1 aromatic rings. The number of ether oxygens (including phenoxy) is 1. The number of hydrogen-bond donors (Lipinski definition) is 1. The van der Waals surface area contributed by atoms with E-state index in [1.165, 1.54) is 0 Å². The summed E-state index contributed by atoms with van der Waals surface area (Å²) in [5.74, 6) is 0.175. The Morgan fingerprint density at radius 3 is 2.80 bits per heavy atom. The van der Waals surface area contributed by atoms with E-state index in [1.807, 2.05) is 18.7 Å². The lowest BCUT2D eigenvalue weighted by Crippen LogP contribution is -2.37. The summed E-state index contributed by atoms with van der Waals surface area (Å²) in [7, 11) is 1.65. The topological polar surface area (TPSA) is 37.4 Å². The standard InChI is InChI=1S/C15H26FN3O/c1-5-8-17-10-13-7-9-18-15(14(13)16)19(6-2)12(3)11-20-4/h7,9,12,17H,5-6,8,10-11H2,1-4H3. The Morgan fingerprint density at radius 2 is 2.20 bits per heavy atom. The van der Waals surface area contributed by atoms with Crippen LogP contribution in [0.15, 0.2) is 12.3 Å². The second-order valence-electron chi connectivity index (χ2n) is 4.87. The Labute approximate surface area is 121 Å². The lowest BCUT2D eigenvalue weighted by Gasteiger charge is -2.29. The molecule has 0 saturated carbocycles. The van der Waals surface area contributed by atoms with Crippen LogP contribution in [0.2, 0.25) is 0 Å². The van der Waals surface area contributed by atoms with Crippen molar-refractivity contribution >= 4 is 5.82 Å². The molecule has 0 radical (unpaired) electrons. The highest BCUT2D eigenvalue weighted by atomic mass is 19.1. The van der Waals surface area contributed by atoms with Gasteiger partial charge in [-0.05, 0) is 32.9 Å². The Hall–Kier alpha value is -1.20. The third-order valence-electron chi connectivity index (χ3n) is 3.25. The van der Waals surface area contributed by atoms with Gasteiger partial charge in [-0.1, -0.05) is 6.92 Å². The molecule has 1 heterocycles. The Balaban J connectivity index is 2.90. The first kappa shape index (κ1) is 16.9. The van der Waals surface area contributed by atoms with E-state index >= 15 is 0 Å². The average Bonchev–Trinajstić information content (AvgIpc) is 2.43. The van der Waals surface area contributed by atoms with Crippen LogP contribution in [0.5, 0.6) is 0 Å². The Bertz CT molecular complexity index is 401. The first-order valence-electron chi connectivity index (χ1n) is 7.25. The zero-order valence-corrected chi connectivity index (χ0v) is 12.9. The van der Waals surface area contributed by atoms with Crippen LogP contribution >= 0.6 is 0 Å². The number of likely N-dealkylation sites (N-methyl/N-ethyl adjacent to an activating group) is 1. The lowest BCUT2D eigenvalue weighted by atomic mass is 10.2. The summed E-state index contributed by atoms with van der Waals surface area (Å²) in [6, 6.07) is 1.82. The second kappa shape index (κ2) is 8.87. The Morgan fingerprint density at radius 1 is 1.45 bits per heavy atom. The van der Waals surface area contributed by atoms with Crippen molar-refractivity contribution in [2.24, 2.45) is 0 Å². The predicted octanol–water partition coefficient (Wildman–Crippen LogP) is 2.58. The lowest BCUT2D eigenvalue weighted by molar-refractivity contribution is 0.181. The third kappa shape index (κ3) is 4.42. The van der Waals surface area contributed by atoms with Crippen molar-refractivity contribution in [1.82, 2.24) is 10.3 Å². The number of rotatable bonds is 9. The molecule has 0 saturated heterocycles. The van der Waals surface area contributed by atoms with E-state index in [-0.39, 0.29) is 11.9 Å². The molecule has 0 aliphatic carbocycles. The predicted molar refractivity (Wildman–Crippen MR) is 80.6 cm³/mol. The van der Waals surface area contributed by atoms with Crippen LogP contribution in [-0.2, 0) is 11.3 Å². The van der Waals surface area contributed by atoms with E-state index in [2.05, 4.69) is 17.2 Å². The first-order chi connectivity index (χ1) is 9.65. The van der Waals surface area contributed by atoms with E-state index in [0.717, 1.165) is 13.0 Å². The molecule has 1 N–H and O–H groups in total. The van der Waals surface area contributed by atoms with Gasteiger partial charge in [-0.2, -0.15) is 0 Å². The molecule has 0 spiro atoms. The fourth-order valence-electron chi connectivity index (χ4n) is 2.21. The van der Waals surface area contributed by atoms with Crippen molar-refractivity contribution in [2.75, 3.05) is 31.7 Å².